The summed E-state index contributed by atoms with van der Waals surface area (Å²) in [5, 5.41) is 0. The Morgan fingerprint density at radius 1 is 0.914 bits per heavy atom. The molecule has 0 bridgehead atoms. The molecule has 3 heterocycles. The summed E-state index contributed by atoms with van der Waals surface area (Å²) >= 11 is 0. The number of hydrogen-bond acceptors (Lipinski definition) is 5. The van der Waals surface area contributed by atoms with Crippen LogP contribution >= 0.6 is 0 Å². The largest absolute Gasteiger partial charge is 0.341 e. The van der Waals surface area contributed by atoms with E-state index in [1.165, 1.54) is 16.4 Å². The number of benzene rings is 2. The number of nitrogens with zero attached hydrogens (tertiary/aromatic N) is 4. The second kappa shape index (κ2) is 9.23. The number of piperidine rings is 1. The van der Waals surface area contributed by atoms with Crippen molar-refractivity contribution in [3.63, 3.8) is 0 Å². The Morgan fingerprint density at radius 2 is 1.54 bits per heavy atom. The number of sulfonamides is 1. The first-order valence-electron chi connectivity index (χ1n) is 12.0. The minimum atomic E-state index is -3.81. The van der Waals surface area contributed by atoms with E-state index < -0.39 is 21.4 Å². The fourth-order valence-corrected chi connectivity index (χ4v) is 6.85. The Labute approximate surface area is 205 Å². The zero-order chi connectivity index (χ0) is 24.6. The summed E-state index contributed by atoms with van der Waals surface area (Å²) in [5.41, 5.74) is -0.0478. The summed E-state index contributed by atoms with van der Waals surface area (Å²) in [6.45, 7) is 2.08. The lowest BCUT2D eigenvalue weighted by Crippen LogP contribution is -2.57. The zero-order valence-electron chi connectivity index (χ0n) is 19.5. The highest BCUT2D eigenvalue weighted by molar-refractivity contribution is 7.89. The van der Waals surface area contributed by atoms with Gasteiger partial charge in [-0.15, -0.1) is 0 Å². The number of likely N-dealkylation sites (tertiary alicyclic amines) is 1. The number of hydrogen-bond donors (Lipinski definition) is 0. The molecule has 3 saturated heterocycles. The summed E-state index contributed by atoms with van der Waals surface area (Å²) < 4.78 is 40.9. The summed E-state index contributed by atoms with van der Waals surface area (Å²) in [5.74, 6) is -0.676. The molecule has 0 aromatic heterocycles. The number of rotatable bonds is 5. The van der Waals surface area contributed by atoms with Crippen molar-refractivity contribution in [2.24, 2.45) is 0 Å². The van der Waals surface area contributed by atoms with Gasteiger partial charge >= 0.3 is 0 Å². The van der Waals surface area contributed by atoms with E-state index in [0.717, 1.165) is 43.8 Å². The van der Waals surface area contributed by atoms with E-state index >= 15 is 0 Å². The number of amides is 2. The maximum Gasteiger partial charge on any atom is 0.250 e. The van der Waals surface area contributed by atoms with Gasteiger partial charge in [0.15, 0.2) is 0 Å². The minimum Gasteiger partial charge on any atom is -0.341 e. The molecule has 0 atom stereocenters. The molecule has 3 fully saturated rings. The number of carbonyl (C=O) groups excluding carboxylic acids is 2. The molecule has 10 heteroatoms. The molecule has 35 heavy (non-hydrogen) atoms. The molecular weight excluding hydrogens is 471 g/mol. The molecule has 0 unspecified atom stereocenters. The predicted octanol–water partition coefficient (Wildman–Crippen LogP) is 2.28. The molecule has 186 valence electrons. The van der Waals surface area contributed by atoms with Gasteiger partial charge in [0.25, 0.3) is 0 Å². The van der Waals surface area contributed by atoms with Crippen molar-refractivity contribution in [1.29, 1.82) is 0 Å². The standard InChI is InChI=1S/C25H29FN4O4S/c26-20-8-10-22(11-9-20)35(33,34)29-16-12-25(13-17-29)24(32)28(18-23(31)27-14-4-5-15-27)19-30(25)21-6-2-1-3-7-21/h1-3,6-11H,4-5,12-19H2. The van der Waals surface area contributed by atoms with E-state index in [9.17, 15) is 22.4 Å². The second-order valence-corrected chi connectivity index (χ2v) is 11.3. The normalized spacial score (nSPS) is 20.7. The first-order valence-corrected chi connectivity index (χ1v) is 13.4. The van der Waals surface area contributed by atoms with Gasteiger partial charge in [-0.05, 0) is 62.1 Å². The smallest absolute Gasteiger partial charge is 0.250 e. The van der Waals surface area contributed by atoms with Crippen LogP contribution in [0.15, 0.2) is 59.5 Å². The Balaban J connectivity index is 1.38. The van der Waals surface area contributed by atoms with Crippen molar-refractivity contribution in [2.45, 2.75) is 36.1 Å². The van der Waals surface area contributed by atoms with Crippen LogP contribution in [0.4, 0.5) is 10.1 Å². The third kappa shape index (κ3) is 4.29. The molecule has 1 spiro atoms. The number of halogens is 1. The average molecular weight is 501 g/mol. The third-order valence-electron chi connectivity index (χ3n) is 7.37. The second-order valence-electron chi connectivity index (χ2n) is 9.39. The monoisotopic (exact) mass is 500 g/mol. The lowest BCUT2D eigenvalue weighted by Gasteiger charge is -2.42. The highest BCUT2D eigenvalue weighted by Crippen LogP contribution is 2.40. The van der Waals surface area contributed by atoms with Crippen LogP contribution < -0.4 is 4.90 Å². The van der Waals surface area contributed by atoms with E-state index in [1.54, 1.807) is 4.90 Å². The quantitative estimate of drug-likeness (QED) is 0.629. The summed E-state index contributed by atoms with van der Waals surface area (Å²) in [6, 6.07) is 14.4. The van der Waals surface area contributed by atoms with Gasteiger partial charge in [-0.25, -0.2) is 12.8 Å². The van der Waals surface area contributed by atoms with Crippen molar-refractivity contribution < 1.29 is 22.4 Å². The molecule has 0 saturated carbocycles. The Bertz CT molecular complexity index is 1190. The first-order chi connectivity index (χ1) is 16.8. The topological polar surface area (TPSA) is 81.2 Å². The number of carbonyl (C=O) groups is 2. The van der Waals surface area contributed by atoms with Crippen LogP contribution in [0.3, 0.4) is 0 Å². The summed E-state index contributed by atoms with van der Waals surface area (Å²) in [6.07, 6.45) is 2.57. The molecule has 0 N–H and O–H groups in total. The average Bonchev–Trinajstić information content (AvgIpc) is 3.49. The molecule has 2 aromatic rings. The lowest BCUT2D eigenvalue weighted by atomic mass is 9.86. The van der Waals surface area contributed by atoms with E-state index in [2.05, 4.69) is 0 Å². The molecule has 3 aliphatic heterocycles. The van der Waals surface area contributed by atoms with Gasteiger partial charge in [0.1, 0.15) is 17.9 Å². The fraction of sp³-hybridized carbons (Fsp3) is 0.440. The van der Waals surface area contributed by atoms with E-state index in [-0.39, 0.29) is 43.0 Å². The fourth-order valence-electron chi connectivity index (χ4n) is 5.40. The van der Waals surface area contributed by atoms with Gasteiger partial charge in [0, 0.05) is 31.9 Å². The zero-order valence-corrected chi connectivity index (χ0v) is 20.3. The van der Waals surface area contributed by atoms with Crippen LogP contribution in [0, 0.1) is 5.82 Å². The molecule has 2 amide bonds. The van der Waals surface area contributed by atoms with Crippen LogP contribution in [0.1, 0.15) is 25.7 Å². The van der Waals surface area contributed by atoms with Crippen LogP contribution in [0.5, 0.6) is 0 Å². The van der Waals surface area contributed by atoms with Crippen molar-refractivity contribution in [2.75, 3.05) is 44.3 Å². The summed E-state index contributed by atoms with van der Waals surface area (Å²) in [4.78, 5) is 32.1. The Hall–Kier alpha value is -2.98. The van der Waals surface area contributed by atoms with E-state index in [0.29, 0.717) is 12.8 Å². The Morgan fingerprint density at radius 3 is 2.17 bits per heavy atom. The first kappa shape index (κ1) is 23.7. The van der Waals surface area contributed by atoms with Gasteiger partial charge in [-0.2, -0.15) is 4.31 Å². The van der Waals surface area contributed by atoms with Crippen LogP contribution in [-0.4, -0.2) is 79.3 Å². The molecule has 3 aliphatic rings. The maximum absolute atomic E-state index is 13.8. The number of anilines is 1. The van der Waals surface area contributed by atoms with Crippen LogP contribution in [0.2, 0.25) is 0 Å². The lowest BCUT2D eigenvalue weighted by molar-refractivity contribution is -0.140. The molecule has 5 rings (SSSR count). The summed E-state index contributed by atoms with van der Waals surface area (Å²) in [7, 11) is -3.81. The van der Waals surface area contributed by atoms with Crippen molar-refractivity contribution in [3.8, 4) is 0 Å². The maximum atomic E-state index is 13.8. The minimum absolute atomic E-state index is 0.0293. The van der Waals surface area contributed by atoms with Gasteiger partial charge in [0.2, 0.25) is 21.8 Å². The van der Waals surface area contributed by atoms with Crippen molar-refractivity contribution >= 4 is 27.5 Å². The number of para-hydroxylation sites is 1. The van der Waals surface area contributed by atoms with Crippen molar-refractivity contribution in [1.82, 2.24) is 14.1 Å². The SMILES string of the molecule is O=C(CN1CN(c2ccccc2)C2(CCN(S(=O)(=O)c3ccc(F)cc3)CC2)C1=O)N1CCCC1. The molecular formula is C25H29FN4O4S. The van der Waals surface area contributed by atoms with Crippen LogP contribution in [0.25, 0.3) is 0 Å². The van der Waals surface area contributed by atoms with Crippen LogP contribution in [-0.2, 0) is 19.6 Å². The van der Waals surface area contributed by atoms with E-state index in [1.807, 2.05) is 40.1 Å². The van der Waals surface area contributed by atoms with Gasteiger partial charge in [0.05, 0.1) is 11.6 Å². The van der Waals surface area contributed by atoms with Crippen molar-refractivity contribution in [3.05, 3.63) is 60.4 Å². The molecule has 0 aliphatic carbocycles. The highest BCUT2D eigenvalue weighted by atomic mass is 32.2. The third-order valence-corrected chi connectivity index (χ3v) is 9.28. The molecule has 0 radical (unpaired) electrons. The molecule has 2 aromatic carbocycles. The van der Waals surface area contributed by atoms with Gasteiger partial charge < -0.3 is 14.7 Å². The van der Waals surface area contributed by atoms with Gasteiger partial charge in [-0.3, -0.25) is 9.59 Å². The van der Waals surface area contributed by atoms with Gasteiger partial charge in [-0.1, -0.05) is 18.2 Å². The highest BCUT2D eigenvalue weighted by Gasteiger charge is 2.55. The van der Waals surface area contributed by atoms with E-state index in [4.69, 9.17) is 0 Å². The molecule has 8 nitrogen and oxygen atoms in total. The predicted molar refractivity (Wildman–Crippen MR) is 128 cm³/mol. The Kier molecular flexibility index (Phi) is 6.27.